The number of fused-ring (bicyclic) bond motifs is 1. The zero-order valence-electron chi connectivity index (χ0n) is 20.0. The molecule has 176 valence electrons. The maximum absolute atomic E-state index is 15.1. The van der Waals surface area contributed by atoms with Gasteiger partial charge in [-0.25, -0.2) is 9.37 Å². The summed E-state index contributed by atoms with van der Waals surface area (Å²) in [6.45, 7) is 7.60. The van der Waals surface area contributed by atoms with Crippen molar-refractivity contribution in [2.24, 2.45) is 0 Å². The Morgan fingerprint density at radius 3 is 2.42 bits per heavy atom. The zero-order valence-corrected chi connectivity index (χ0v) is 20.0. The molecule has 0 spiro atoms. The average molecular weight is 452 g/mol. The van der Waals surface area contributed by atoms with Crippen molar-refractivity contribution in [3.05, 3.63) is 34.9 Å². The van der Waals surface area contributed by atoms with Crippen molar-refractivity contribution in [1.29, 1.82) is 0 Å². The largest absolute Gasteiger partial charge is 0.356 e. The van der Waals surface area contributed by atoms with Crippen LogP contribution in [0.1, 0.15) is 68.8 Å². The molecular formula is C26H34FN5O. The van der Waals surface area contributed by atoms with Gasteiger partial charge in [0.25, 0.3) is 5.89 Å². The number of anilines is 1. The summed E-state index contributed by atoms with van der Waals surface area (Å²) in [7, 11) is 0. The topological polar surface area (TPSA) is 67.1 Å². The molecule has 6 nitrogen and oxygen atoms in total. The van der Waals surface area contributed by atoms with Crippen LogP contribution in [0, 0.1) is 19.7 Å². The van der Waals surface area contributed by atoms with Gasteiger partial charge in [-0.3, -0.25) is 0 Å². The van der Waals surface area contributed by atoms with Crippen molar-refractivity contribution in [1.82, 2.24) is 20.4 Å². The third kappa shape index (κ3) is 4.47. The van der Waals surface area contributed by atoms with Crippen LogP contribution < -0.4 is 10.2 Å². The van der Waals surface area contributed by atoms with Gasteiger partial charge < -0.3 is 14.7 Å². The van der Waals surface area contributed by atoms with Crippen LogP contribution in [0.15, 0.2) is 16.7 Å². The molecule has 0 unspecified atom stereocenters. The Balaban J connectivity index is 1.48. The average Bonchev–Trinajstić information content (AvgIpc) is 3.26. The SMILES string of the molecule is CCc1cc(F)c2nc(N3CCC(NC4CCCCC4)CC3)c(-c3nc(C)no3)c(C)c2c1. The molecule has 7 heteroatoms. The Bertz CT molecular complexity index is 1130. The van der Waals surface area contributed by atoms with Crippen LogP contribution >= 0.6 is 0 Å². The minimum atomic E-state index is -0.268. The lowest BCUT2D eigenvalue weighted by atomic mass is 9.93. The van der Waals surface area contributed by atoms with E-state index in [1.54, 1.807) is 6.07 Å². The lowest BCUT2D eigenvalue weighted by Gasteiger charge is -2.37. The Kier molecular flexibility index (Phi) is 6.32. The molecule has 33 heavy (non-hydrogen) atoms. The number of pyridine rings is 1. The molecule has 1 aliphatic carbocycles. The van der Waals surface area contributed by atoms with Gasteiger partial charge in [-0.05, 0) is 69.2 Å². The minimum Gasteiger partial charge on any atom is -0.356 e. The number of nitrogens with zero attached hydrogens (tertiary/aromatic N) is 4. The van der Waals surface area contributed by atoms with E-state index in [0.29, 0.717) is 29.3 Å². The third-order valence-corrected chi connectivity index (χ3v) is 7.36. The van der Waals surface area contributed by atoms with Crippen LogP contribution in [0.5, 0.6) is 0 Å². The van der Waals surface area contributed by atoms with Crippen LogP contribution in [-0.4, -0.2) is 40.3 Å². The fourth-order valence-corrected chi connectivity index (χ4v) is 5.47. The fourth-order valence-electron chi connectivity index (χ4n) is 5.47. The second-order valence-corrected chi connectivity index (χ2v) is 9.67. The number of rotatable bonds is 5. The smallest absolute Gasteiger partial charge is 0.261 e. The van der Waals surface area contributed by atoms with Gasteiger partial charge in [0.05, 0.1) is 5.56 Å². The Morgan fingerprint density at radius 1 is 1.03 bits per heavy atom. The number of aromatic nitrogens is 3. The summed E-state index contributed by atoms with van der Waals surface area (Å²) in [4.78, 5) is 11.6. The maximum atomic E-state index is 15.1. The highest BCUT2D eigenvalue weighted by Gasteiger charge is 2.28. The van der Waals surface area contributed by atoms with Gasteiger partial charge in [-0.15, -0.1) is 0 Å². The first-order valence-corrected chi connectivity index (χ1v) is 12.5. The molecule has 3 heterocycles. The summed E-state index contributed by atoms with van der Waals surface area (Å²) in [6, 6.07) is 4.84. The molecule has 1 saturated heterocycles. The van der Waals surface area contributed by atoms with Crippen LogP contribution in [0.3, 0.4) is 0 Å². The van der Waals surface area contributed by atoms with Gasteiger partial charge in [-0.1, -0.05) is 31.3 Å². The van der Waals surface area contributed by atoms with Crippen molar-refractivity contribution >= 4 is 16.7 Å². The van der Waals surface area contributed by atoms with E-state index in [1.165, 1.54) is 32.1 Å². The standard InChI is InChI=1S/C26H34FN5O/c1-4-18-14-21-16(2)23(26-28-17(3)31-33-26)25(30-24(21)22(27)15-18)32-12-10-20(11-13-32)29-19-8-6-5-7-9-19/h14-15,19-20,29H,4-13H2,1-3H3. The summed E-state index contributed by atoms with van der Waals surface area (Å²) in [5, 5.41) is 8.72. The second-order valence-electron chi connectivity index (χ2n) is 9.67. The lowest BCUT2D eigenvalue weighted by Crippen LogP contribution is -2.47. The van der Waals surface area contributed by atoms with Gasteiger partial charge in [-0.2, -0.15) is 4.98 Å². The van der Waals surface area contributed by atoms with Crippen molar-refractivity contribution < 1.29 is 8.91 Å². The van der Waals surface area contributed by atoms with E-state index in [-0.39, 0.29) is 5.82 Å². The van der Waals surface area contributed by atoms with Crippen LogP contribution in [0.4, 0.5) is 10.2 Å². The highest BCUT2D eigenvalue weighted by Crippen LogP contribution is 2.38. The first-order chi connectivity index (χ1) is 16.0. The molecule has 2 aliphatic rings. The Morgan fingerprint density at radius 2 is 1.76 bits per heavy atom. The highest BCUT2D eigenvalue weighted by molar-refractivity contribution is 5.93. The molecule has 2 fully saturated rings. The molecule has 5 rings (SSSR count). The van der Waals surface area contributed by atoms with Gasteiger partial charge in [0.1, 0.15) is 17.2 Å². The van der Waals surface area contributed by atoms with Crippen molar-refractivity contribution in [2.75, 3.05) is 18.0 Å². The highest BCUT2D eigenvalue weighted by atomic mass is 19.1. The van der Waals surface area contributed by atoms with E-state index in [1.807, 2.05) is 26.8 Å². The second kappa shape index (κ2) is 9.37. The number of hydrogen-bond donors (Lipinski definition) is 1. The third-order valence-electron chi connectivity index (χ3n) is 7.36. The fraction of sp³-hybridized carbons (Fsp3) is 0.577. The van der Waals surface area contributed by atoms with Crippen LogP contribution in [0.25, 0.3) is 22.4 Å². The number of halogens is 1. The molecule has 0 amide bonds. The van der Waals surface area contributed by atoms with E-state index in [4.69, 9.17) is 9.51 Å². The van der Waals surface area contributed by atoms with Crippen LogP contribution in [0.2, 0.25) is 0 Å². The molecule has 2 aromatic heterocycles. The van der Waals surface area contributed by atoms with E-state index in [9.17, 15) is 0 Å². The molecule has 1 saturated carbocycles. The number of nitrogens with one attached hydrogen (secondary N) is 1. The molecule has 3 aromatic rings. The first kappa shape index (κ1) is 22.3. The molecule has 1 N–H and O–H groups in total. The number of hydrogen-bond acceptors (Lipinski definition) is 6. The summed E-state index contributed by atoms with van der Waals surface area (Å²) < 4.78 is 20.7. The number of benzene rings is 1. The number of piperidine rings is 1. The zero-order chi connectivity index (χ0) is 22.9. The van der Waals surface area contributed by atoms with Gasteiger partial charge in [0.15, 0.2) is 5.82 Å². The van der Waals surface area contributed by atoms with Gasteiger partial charge in [0, 0.05) is 30.6 Å². The Hall–Kier alpha value is -2.54. The normalized spacial score (nSPS) is 18.4. The van der Waals surface area contributed by atoms with E-state index < -0.39 is 0 Å². The van der Waals surface area contributed by atoms with E-state index >= 15 is 4.39 Å². The van der Waals surface area contributed by atoms with Gasteiger partial charge in [0.2, 0.25) is 0 Å². The van der Waals surface area contributed by atoms with Crippen molar-refractivity contribution in [3.63, 3.8) is 0 Å². The van der Waals surface area contributed by atoms with Crippen molar-refractivity contribution in [2.45, 2.75) is 84.2 Å². The van der Waals surface area contributed by atoms with Crippen molar-refractivity contribution in [3.8, 4) is 11.5 Å². The quantitative estimate of drug-likeness (QED) is 0.553. The molecule has 1 aromatic carbocycles. The predicted molar refractivity (Wildman–Crippen MR) is 129 cm³/mol. The first-order valence-electron chi connectivity index (χ1n) is 12.5. The Labute approximate surface area is 195 Å². The minimum absolute atomic E-state index is 0.268. The molecule has 0 atom stereocenters. The maximum Gasteiger partial charge on any atom is 0.261 e. The van der Waals surface area contributed by atoms with Crippen LogP contribution in [-0.2, 0) is 6.42 Å². The lowest BCUT2D eigenvalue weighted by molar-refractivity contribution is 0.307. The van der Waals surface area contributed by atoms with E-state index in [2.05, 4.69) is 20.4 Å². The molecule has 0 bridgehead atoms. The summed E-state index contributed by atoms with van der Waals surface area (Å²) >= 11 is 0. The summed E-state index contributed by atoms with van der Waals surface area (Å²) in [5.41, 5.74) is 3.15. The molecule has 0 radical (unpaired) electrons. The summed E-state index contributed by atoms with van der Waals surface area (Å²) in [5.74, 6) is 1.53. The van der Waals surface area contributed by atoms with Gasteiger partial charge >= 0.3 is 0 Å². The predicted octanol–water partition coefficient (Wildman–Crippen LogP) is 5.49. The molecule has 1 aliphatic heterocycles. The summed E-state index contributed by atoms with van der Waals surface area (Å²) in [6.07, 6.45) is 9.52. The molecular weight excluding hydrogens is 417 g/mol. The monoisotopic (exact) mass is 451 g/mol. The number of aryl methyl sites for hydroxylation is 3. The van der Waals surface area contributed by atoms with E-state index in [0.717, 1.165) is 60.2 Å².